The maximum atomic E-state index is 9.83. The maximum Gasteiger partial charge on any atom is 0.121 e. The highest BCUT2D eigenvalue weighted by Crippen LogP contribution is 2.37. The van der Waals surface area contributed by atoms with E-state index < -0.39 is 0 Å². The van der Waals surface area contributed by atoms with E-state index in [1.165, 1.54) is 5.56 Å². The van der Waals surface area contributed by atoms with E-state index in [-0.39, 0.29) is 12.0 Å². The van der Waals surface area contributed by atoms with E-state index in [2.05, 4.69) is 0 Å². The van der Waals surface area contributed by atoms with Crippen LogP contribution in [0.3, 0.4) is 0 Å². The number of aromatic hydroxyl groups is 1. The van der Waals surface area contributed by atoms with E-state index in [0.717, 1.165) is 30.4 Å². The lowest BCUT2D eigenvalue weighted by Gasteiger charge is -2.17. The second-order valence-electron chi connectivity index (χ2n) is 4.61. The summed E-state index contributed by atoms with van der Waals surface area (Å²) >= 11 is 0. The third-order valence-corrected chi connectivity index (χ3v) is 3.42. The molecule has 1 aliphatic carbocycles. The third kappa shape index (κ3) is 1.86. The number of aliphatic hydroxyl groups excluding tert-OH is 1. The highest BCUT2D eigenvalue weighted by atomic mass is 16.3. The number of benzene rings is 1. The van der Waals surface area contributed by atoms with Gasteiger partial charge in [-0.1, -0.05) is 18.6 Å². The van der Waals surface area contributed by atoms with Crippen LogP contribution >= 0.6 is 0 Å². The lowest BCUT2D eigenvalue weighted by molar-refractivity contribution is 0.164. The molecule has 2 nitrogen and oxygen atoms in total. The van der Waals surface area contributed by atoms with Gasteiger partial charge in [0.2, 0.25) is 0 Å². The Labute approximate surface area is 90.6 Å². The van der Waals surface area contributed by atoms with Gasteiger partial charge in [0, 0.05) is 5.92 Å². The highest BCUT2D eigenvalue weighted by molar-refractivity contribution is 5.43. The smallest absolute Gasteiger partial charge is 0.121 e. The highest BCUT2D eigenvalue weighted by Gasteiger charge is 2.27. The van der Waals surface area contributed by atoms with Crippen molar-refractivity contribution in [1.82, 2.24) is 0 Å². The number of hydrogen-bond donors (Lipinski definition) is 2. The van der Waals surface area contributed by atoms with E-state index in [0.29, 0.717) is 5.75 Å². The van der Waals surface area contributed by atoms with Crippen molar-refractivity contribution in [3.05, 3.63) is 28.8 Å². The first-order valence-electron chi connectivity index (χ1n) is 5.58. The summed E-state index contributed by atoms with van der Waals surface area (Å²) in [6.45, 7) is 3.82. The topological polar surface area (TPSA) is 40.5 Å². The molecule has 1 aromatic rings. The van der Waals surface area contributed by atoms with Gasteiger partial charge in [0.25, 0.3) is 0 Å². The van der Waals surface area contributed by atoms with Crippen molar-refractivity contribution in [2.45, 2.75) is 45.1 Å². The second kappa shape index (κ2) is 3.86. The standard InChI is InChI=1S/C13H18O2/c1-8-6-10(7-9(2)13(8)15)11-4-3-5-12(11)14/h6-7,11-12,14-15H,3-5H2,1-2H3/t11-,12+/m1/s1. The number of rotatable bonds is 1. The Hall–Kier alpha value is -1.02. The van der Waals surface area contributed by atoms with Crippen molar-refractivity contribution in [2.75, 3.05) is 0 Å². The molecule has 0 radical (unpaired) electrons. The molecule has 0 aliphatic heterocycles. The molecule has 0 saturated heterocycles. The van der Waals surface area contributed by atoms with E-state index >= 15 is 0 Å². The Bertz CT molecular complexity index is 348. The van der Waals surface area contributed by atoms with Gasteiger partial charge in [0.1, 0.15) is 5.75 Å². The van der Waals surface area contributed by atoms with Crippen LogP contribution in [-0.2, 0) is 0 Å². The predicted molar refractivity (Wildman–Crippen MR) is 60.2 cm³/mol. The van der Waals surface area contributed by atoms with Crippen LogP contribution in [0.4, 0.5) is 0 Å². The minimum Gasteiger partial charge on any atom is -0.507 e. The Morgan fingerprint density at radius 2 is 1.73 bits per heavy atom. The van der Waals surface area contributed by atoms with Crippen molar-refractivity contribution < 1.29 is 10.2 Å². The van der Waals surface area contributed by atoms with Gasteiger partial charge in [0.05, 0.1) is 6.10 Å². The van der Waals surface area contributed by atoms with Crippen molar-refractivity contribution in [2.24, 2.45) is 0 Å². The molecule has 15 heavy (non-hydrogen) atoms. The van der Waals surface area contributed by atoms with Crippen LogP contribution in [0.1, 0.15) is 41.9 Å². The molecule has 2 rings (SSSR count). The van der Waals surface area contributed by atoms with Crippen molar-refractivity contribution in [3.63, 3.8) is 0 Å². The van der Waals surface area contributed by atoms with Crippen LogP contribution in [0.15, 0.2) is 12.1 Å². The van der Waals surface area contributed by atoms with E-state index in [1.54, 1.807) is 0 Å². The number of aliphatic hydroxyl groups is 1. The number of phenols is 1. The summed E-state index contributed by atoms with van der Waals surface area (Å²) in [6.07, 6.45) is 2.87. The van der Waals surface area contributed by atoms with Crippen LogP contribution in [-0.4, -0.2) is 16.3 Å². The zero-order chi connectivity index (χ0) is 11.0. The normalized spacial score (nSPS) is 25.8. The molecule has 0 unspecified atom stereocenters. The van der Waals surface area contributed by atoms with Crippen LogP contribution in [0, 0.1) is 13.8 Å². The Kier molecular flexibility index (Phi) is 2.70. The summed E-state index contributed by atoms with van der Waals surface area (Å²) in [5.41, 5.74) is 2.99. The van der Waals surface area contributed by atoms with Gasteiger partial charge >= 0.3 is 0 Å². The van der Waals surface area contributed by atoms with Crippen molar-refractivity contribution in [1.29, 1.82) is 0 Å². The average Bonchev–Trinajstić information content (AvgIpc) is 2.60. The molecule has 2 heteroatoms. The van der Waals surface area contributed by atoms with E-state index in [1.807, 2.05) is 26.0 Å². The van der Waals surface area contributed by atoms with Gasteiger partial charge in [0.15, 0.2) is 0 Å². The first-order chi connectivity index (χ1) is 7.09. The summed E-state index contributed by atoms with van der Waals surface area (Å²) in [6, 6.07) is 4.00. The molecule has 82 valence electrons. The van der Waals surface area contributed by atoms with Crippen LogP contribution < -0.4 is 0 Å². The van der Waals surface area contributed by atoms with Crippen LogP contribution in [0.2, 0.25) is 0 Å². The average molecular weight is 206 g/mol. The summed E-state index contributed by atoms with van der Waals surface area (Å²) in [5.74, 6) is 0.647. The fraction of sp³-hybridized carbons (Fsp3) is 0.538. The molecule has 0 aromatic heterocycles. The van der Waals surface area contributed by atoms with Crippen LogP contribution in [0.25, 0.3) is 0 Å². The molecule has 1 fully saturated rings. The largest absolute Gasteiger partial charge is 0.507 e. The van der Waals surface area contributed by atoms with Crippen molar-refractivity contribution in [3.8, 4) is 5.75 Å². The summed E-state index contributed by atoms with van der Waals surface area (Å²) in [7, 11) is 0. The van der Waals surface area contributed by atoms with Gasteiger partial charge in [-0.15, -0.1) is 0 Å². The van der Waals surface area contributed by atoms with Gasteiger partial charge in [-0.2, -0.15) is 0 Å². The molecule has 1 saturated carbocycles. The molecular weight excluding hydrogens is 188 g/mol. The molecule has 0 amide bonds. The van der Waals surface area contributed by atoms with Gasteiger partial charge in [-0.25, -0.2) is 0 Å². The molecule has 1 aliphatic rings. The lowest BCUT2D eigenvalue weighted by Crippen LogP contribution is -2.11. The Morgan fingerprint density at radius 1 is 1.13 bits per heavy atom. The minimum absolute atomic E-state index is 0.201. The summed E-state index contributed by atoms with van der Waals surface area (Å²) in [5, 5.41) is 19.5. The van der Waals surface area contributed by atoms with Crippen LogP contribution in [0.5, 0.6) is 5.75 Å². The Morgan fingerprint density at radius 3 is 2.20 bits per heavy atom. The fourth-order valence-corrected chi connectivity index (χ4v) is 2.53. The molecule has 0 heterocycles. The number of phenolic OH excluding ortho intramolecular Hbond substituents is 1. The fourth-order valence-electron chi connectivity index (χ4n) is 2.53. The zero-order valence-electron chi connectivity index (χ0n) is 9.33. The summed E-state index contributed by atoms with van der Waals surface area (Å²) < 4.78 is 0. The number of aryl methyl sites for hydroxylation is 2. The van der Waals surface area contributed by atoms with Gasteiger partial charge < -0.3 is 10.2 Å². The lowest BCUT2D eigenvalue weighted by atomic mass is 9.92. The minimum atomic E-state index is -0.201. The van der Waals surface area contributed by atoms with E-state index in [9.17, 15) is 10.2 Å². The maximum absolute atomic E-state index is 9.83. The van der Waals surface area contributed by atoms with E-state index in [4.69, 9.17) is 0 Å². The first-order valence-corrected chi connectivity index (χ1v) is 5.58. The molecule has 1 aromatic carbocycles. The first kappa shape index (κ1) is 10.5. The molecule has 2 atom stereocenters. The molecule has 0 bridgehead atoms. The quantitative estimate of drug-likeness (QED) is 0.741. The molecular formula is C13H18O2. The zero-order valence-corrected chi connectivity index (χ0v) is 9.33. The monoisotopic (exact) mass is 206 g/mol. The number of hydrogen-bond acceptors (Lipinski definition) is 2. The van der Waals surface area contributed by atoms with Crippen molar-refractivity contribution >= 4 is 0 Å². The molecule has 2 N–H and O–H groups in total. The second-order valence-corrected chi connectivity index (χ2v) is 4.61. The van der Waals surface area contributed by atoms with Gasteiger partial charge in [-0.3, -0.25) is 0 Å². The molecule has 0 spiro atoms. The SMILES string of the molecule is Cc1cc([C@H]2CCC[C@@H]2O)cc(C)c1O. The third-order valence-electron chi connectivity index (χ3n) is 3.42. The summed E-state index contributed by atoms with van der Waals surface area (Å²) in [4.78, 5) is 0. The predicted octanol–water partition coefficient (Wildman–Crippen LogP) is 2.64. The Balaban J connectivity index is 2.36. The van der Waals surface area contributed by atoms with Gasteiger partial charge in [-0.05, 0) is 43.4 Å².